The van der Waals surface area contributed by atoms with E-state index in [1.807, 2.05) is 17.5 Å². The molecule has 0 fully saturated rings. The van der Waals surface area contributed by atoms with Gasteiger partial charge in [0.2, 0.25) is 0 Å². The van der Waals surface area contributed by atoms with Crippen LogP contribution in [-0.2, 0) is 0 Å². The number of fused-ring (bicyclic) bond motifs is 1. The molecule has 0 atom stereocenters. The minimum Gasteiger partial charge on any atom is -0.496 e. The van der Waals surface area contributed by atoms with Crippen molar-refractivity contribution >= 4 is 44.5 Å². The summed E-state index contributed by atoms with van der Waals surface area (Å²) in [5, 5.41) is 2.49. The largest absolute Gasteiger partial charge is 0.496 e. The van der Waals surface area contributed by atoms with Gasteiger partial charge in [-0.25, -0.2) is 9.97 Å². The summed E-state index contributed by atoms with van der Waals surface area (Å²) in [7, 11) is 1.67. The molecule has 0 spiro atoms. The fourth-order valence-electron chi connectivity index (χ4n) is 1.50. The van der Waals surface area contributed by atoms with Gasteiger partial charge in [0.05, 0.1) is 17.3 Å². The van der Waals surface area contributed by atoms with Gasteiger partial charge in [-0.2, -0.15) is 0 Å². The van der Waals surface area contributed by atoms with Crippen LogP contribution in [0, 0.1) is 0 Å². The van der Waals surface area contributed by atoms with Crippen molar-refractivity contribution in [1.29, 1.82) is 0 Å². The second-order valence-corrected chi connectivity index (χ2v) is 5.66. The van der Waals surface area contributed by atoms with Crippen molar-refractivity contribution in [3.63, 3.8) is 0 Å². The molecule has 0 aliphatic heterocycles. The average molecular weight is 283 g/mol. The fourth-order valence-corrected chi connectivity index (χ4v) is 3.70. The lowest BCUT2D eigenvalue weighted by atomic mass is 10.3. The van der Waals surface area contributed by atoms with Crippen LogP contribution in [0.3, 0.4) is 0 Å². The Hall–Kier alpha value is -1.17. The van der Waals surface area contributed by atoms with E-state index in [-0.39, 0.29) is 0 Å². The Balaban J connectivity index is 2.14. The van der Waals surface area contributed by atoms with Crippen LogP contribution >= 0.6 is 34.3 Å². The zero-order chi connectivity index (χ0) is 11.8. The maximum atomic E-state index is 6.03. The molecule has 0 unspecified atom stereocenters. The number of hydrogen-bond donors (Lipinski definition) is 0. The van der Waals surface area contributed by atoms with E-state index < -0.39 is 0 Å². The highest BCUT2D eigenvalue weighted by Crippen LogP contribution is 2.39. The number of ether oxygens (including phenoxy) is 1. The highest BCUT2D eigenvalue weighted by Gasteiger charge is 2.10. The van der Waals surface area contributed by atoms with Gasteiger partial charge in [-0.05, 0) is 12.1 Å². The first-order valence-corrected chi connectivity index (χ1v) is 6.88. The number of rotatable bonds is 2. The summed E-state index contributed by atoms with van der Waals surface area (Å²) in [6, 6.07) is 4.04. The molecule has 6 heteroatoms. The van der Waals surface area contributed by atoms with Crippen LogP contribution in [0.5, 0.6) is 5.75 Å². The third-order valence-corrected chi connectivity index (χ3v) is 4.96. The normalized spacial score (nSPS) is 10.9. The molecular formula is C11H7ClN2OS2. The van der Waals surface area contributed by atoms with Crippen LogP contribution in [0.15, 0.2) is 23.8 Å². The molecule has 0 N–H and O–H groups in total. The van der Waals surface area contributed by atoms with E-state index in [2.05, 4.69) is 9.97 Å². The first-order chi connectivity index (χ1) is 8.28. The number of nitrogens with zero attached hydrogens (tertiary/aromatic N) is 2. The standard InChI is InChI=1S/C11H7ClN2OS2/c1-15-6-2-8(16-4-6)9-3-7-10(17-9)11(12)14-5-13-7/h2-5H,1H3. The predicted octanol–water partition coefficient (Wildman–Crippen LogP) is 4.08. The molecule has 0 aliphatic rings. The second kappa shape index (κ2) is 4.25. The van der Waals surface area contributed by atoms with Crippen molar-refractivity contribution in [2.45, 2.75) is 0 Å². The first kappa shape index (κ1) is 11.0. The van der Waals surface area contributed by atoms with Gasteiger partial charge in [-0.15, -0.1) is 22.7 Å². The van der Waals surface area contributed by atoms with Gasteiger partial charge in [0.1, 0.15) is 17.2 Å². The molecule has 0 radical (unpaired) electrons. The highest BCUT2D eigenvalue weighted by molar-refractivity contribution is 7.26. The molecule has 3 aromatic rings. The van der Waals surface area contributed by atoms with Crippen LogP contribution in [0.4, 0.5) is 0 Å². The number of halogens is 1. The minimum absolute atomic E-state index is 0.509. The SMILES string of the molecule is COc1csc(-c2cc3ncnc(Cl)c3s2)c1. The lowest BCUT2D eigenvalue weighted by molar-refractivity contribution is 0.417. The molecule has 0 bridgehead atoms. The molecule has 0 aromatic carbocycles. The molecule has 3 heterocycles. The molecule has 3 rings (SSSR count). The van der Waals surface area contributed by atoms with Crippen LogP contribution in [0.25, 0.3) is 20.0 Å². The number of hydrogen-bond acceptors (Lipinski definition) is 5. The van der Waals surface area contributed by atoms with Gasteiger partial charge in [0.25, 0.3) is 0 Å². The van der Waals surface area contributed by atoms with Crippen molar-refractivity contribution in [2.24, 2.45) is 0 Å². The molecule has 86 valence electrons. The van der Waals surface area contributed by atoms with Gasteiger partial charge in [-0.1, -0.05) is 11.6 Å². The molecule has 0 saturated heterocycles. The lowest BCUT2D eigenvalue weighted by Gasteiger charge is -1.90. The van der Waals surface area contributed by atoms with Gasteiger partial charge in [0, 0.05) is 15.1 Å². The van der Waals surface area contributed by atoms with Crippen molar-refractivity contribution in [3.05, 3.63) is 29.0 Å². The van der Waals surface area contributed by atoms with Gasteiger partial charge in [0.15, 0.2) is 0 Å². The Labute approximate surface area is 111 Å². The second-order valence-electron chi connectivity index (χ2n) is 3.34. The van der Waals surface area contributed by atoms with Gasteiger partial charge >= 0.3 is 0 Å². The van der Waals surface area contributed by atoms with Crippen LogP contribution in [0.1, 0.15) is 0 Å². The highest BCUT2D eigenvalue weighted by atomic mass is 35.5. The van der Waals surface area contributed by atoms with Crippen molar-refractivity contribution < 1.29 is 4.74 Å². The Morgan fingerprint density at radius 3 is 2.82 bits per heavy atom. The Bertz CT molecular complexity index is 677. The lowest BCUT2D eigenvalue weighted by Crippen LogP contribution is -1.76. The molecular weight excluding hydrogens is 276 g/mol. The average Bonchev–Trinajstić information content (AvgIpc) is 2.95. The third kappa shape index (κ3) is 1.90. The summed E-state index contributed by atoms with van der Waals surface area (Å²) in [5.74, 6) is 0.875. The monoisotopic (exact) mass is 282 g/mol. The van der Waals surface area contributed by atoms with Gasteiger partial charge in [-0.3, -0.25) is 0 Å². The molecule has 3 nitrogen and oxygen atoms in total. The smallest absolute Gasteiger partial charge is 0.150 e. The zero-order valence-electron chi connectivity index (χ0n) is 8.81. The third-order valence-electron chi connectivity index (χ3n) is 2.32. The van der Waals surface area contributed by atoms with E-state index in [0.717, 1.165) is 25.7 Å². The van der Waals surface area contributed by atoms with E-state index in [0.29, 0.717) is 5.15 Å². The molecule has 0 saturated carbocycles. The Morgan fingerprint density at radius 2 is 2.12 bits per heavy atom. The van der Waals surface area contributed by atoms with E-state index in [1.54, 1.807) is 29.8 Å². The van der Waals surface area contributed by atoms with Crippen molar-refractivity contribution in [3.8, 4) is 15.5 Å². The fraction of sp³-hybridized carbons (Fsp3) is 0.0909. The summed E-state index contributed by atoms with van der Waals surface area (Å²) in [4.78, 5) is 10.5. The Kier molecular flexibility index (Phi) is 2.74. The number of thiophene rings is 2. The van der Waals surface area contributed by atoms with Crippen LogP contribution < -0.4 is 4.74 Å². The Morgan fingerprint density at radius 1 is 1.24 bits per heavy atom. The minimum atomic E-state index is 0.509. The number of methoxy groups -OCH3 is 1. The zero-order valence-corrected chi connectivity index (χ0v) is 11.2. The topological polar surface area (TPSA) is 35.0 Å². The predicted molar refractivity (Wildman–Crippen MR) is 72.3 cm³/mol. The van der Waals surface area contributed by atoms with E-state index in [1.165, 1.54) is 6.33 Å². The van der Waals surface area contributed by atoms with E-state index in [9.17, 15) is 0 Å². The van der Waals surface area contributed by atoms with E-state index in [4.69, 9.17) is 16.3 Å². The molecule has 3 aromatic heterocycles. The maximum absolute atomic E-state index is 6.03. The molecule has 0 amide bonds. The number of aromatic nitrogens is 2. The first-order valence-electron chi connectivity index (χ1n) is 4.81. The summed E-state index contributed by atoms with van der Waals surface area (Å²) in [6.45, 7) is 0. The quantitative estimate of drug-likeness (QED) is 0.664. The van der Waals surface area contributed by atoms with Crippen LogP contribution in [0.2, 0.25) is 5.15 Å². The maximum Gasteiger partial charge on any atom is 0.150 e. The van der Waals surface area contributed by atoms with E-state index >= 15 is 0 Å². The van der Waals surface area contributed by atoms with Crippen LogP contribution in [-0.4, -0.2) is 17.1 Å². The van der Waals surface area contributed by atoms with Crippen molar-refractivity contribution in [2.75, 3.05) is 7.11 Å². The summed E-state index contributed by atoms with van der Waals surface area (Å²) >= 11 is 9.27. The van der Waals surface area contributed by atoms with Gasteiger partial charge < -0.3 is 4.74 Å². The van der Waals surface area contributed by atoms with Crippen molar-refractivity contribution in [1.82, 2.24) is 9.97 Å². The molecule has 17 heavy (non-hydrogen) atoms. The summed E-state index contributed by atoms with van der Waals surface area (Å²) in [6.07, 6.45) is 1.48. The summed E-state index contributed by atoms with van der Waals surface area (Å²) < 4.78 is 6.10. The summed E-state index contributed by atoms with van der Waals surface area (Å²) in [5.41, 5.74) is 0.886. The molecule has 0 aliphatic carbocycles.